The number of amides is 1. The second kappa shape index (κ2) is 8.47. The van der Waals surface area contributed by atoms with Crippen molar-refractivity contribution in [1.29, 1.82) is 0 Å². The second-order valence-corrected chi connectivity index (χ2v) is 9.01. The summed E-state index contributed by atoms with van der Waals surface area (Å²) in [4.78, 5) is 23.7. The number of rotatable bonds is 5. The zero-order valence-corrected chi connectivity index (χ0v) is 18.3. The zero-order valence-electron chi connectivity index (χ0n) is 17.4. The second-order valence-electron chi connectivity index (χ2n) is 7.93. The van der Waals surface area contributed by atoms with E-state index in [2.05, 4.69) is 22.8 Å². The van der Waals surface area contributed by atoms with Crippen LogP contribution in [0.25, 0.3) is 10.2 Å². The zero-order chi connectivity index (χ0) is 21.2. The number of hydrogen-bond acceptors (Lipinski definition) is 5. The van der Waals surface area contributed by atoms with E-state index >= 15 is 0 Å². The van der Waals surface area contributed by atoms with Crippen molar-refractivity contribution in [2.45, 2.75) is 39.0 Å². The van der Waals surface area contributed by atoms with Gasteiger partial charge < -0.3 is 10.6 Å². The van der Waals surface area contributed by atoms with Crippen molar-refractivity contribution in [3.05, 3.63) is 76.4 Å². The lowest BCUT2D eigenvalue weighted by atomic mass is 9.97. The SMILES string of the molecule is CC(=O)Nc1ccc(Nc2nc(Cc3ccccc3)nc3sc4c(c23)CCCC4)cc1. The van der Waals surface area contributed by atoms with E-state index in [1.165, 1.54) is 41.2 Å². The minimum Gasteiger partial charge on any atom is -0.340 e. The molecular weight excluding hydrogens is 404 g/mol. The van der Waals surface area contributed by atoms with Crippen molar-refractivity contribution < 1.29 is 4.79 Å². The Kier molecular flexibility index (Phi) is 5.38. The molecule has 0 atom stereocenters. The van der Waals surface area contributed by atoms with Crippen LogP contribution in [-0.4, -0.2) is 15.9 Å². The first-order valence-electron chi connectivity index (χ1n) is 10.7. The Morgan fingerprint density at radius 3 is 2.48 bits per heavy atom. The van der Waals surface area contributed by atoms with Crippen LogP contribution >= 0.6 is 11.3 Å². The Morgan fingerprint density at radius 1 is 0.968 bits per heavy atom. The smallest absolute Gasteiger partial charge is 0.221 e. The fraction of sp³-hybridized carbons (Fsp3) is 0.240. The number of aryl methyl sites for hydroxylation is 2. The van der Waals surface area contributed by atoms with Crippen LogP contribution in [0.3, 0.4) is 0 Å². The van der Waals surface area contributed by atoms with Gasteiger partial charge in [-0.1, -0.05) is 30.3 Å². The maximum atomic E-state index is 11.3. The van der Waals surface area contributed by atoms with E-state index in [1.54, 1.807) is 0 Å². The highest BCUT2D eigenvalue weighted by molar-refractivity contribution is 7.19. The summed E-state index contributed by atoms with van der Waals surface area (Å²) in [6, 6.07) is 18.1. The normalized spacial score (nSPS) is 13.1. The average Bonchev–Trinajstić information content (AvgIpc) is 3.14. The number of benzene rings is 2. The van der Waals surface area contributed by atoms with Gasteiger partial charge in [-0.15, -0.1) is 11.3 Å². The molecule has 0 saturated carbocycles. The highest BCUT2D eigenvalue weighted by Gasteiger charge is 2.21. The van der Waals surface area contributed by atoms with Crippen LogP contribution in [0.4, 0.5) is 17.2 Å². The van der Waals surface area contributed by atoms with E-state index in [-0.39, 0.29) is 5.91 Å². The number of carbonyl (C=O) groups is 1. The highest BCUT2D eigenvalue weighted by Crippen LogP contribution is 2.39. The lowest BCUT2D eigenvalue weighted by Crippen LogP contribution is -2.06. The number of thiophene rings is 1. The van der Waals surface area contributed by atoms with Gasteiger partial charge in [0, 0.05) is 29.6 Å². The molecule has 2 aromatic heterocycles. The molecule has 1 amide bonds. The van der Waals surface area contributed by atoms with Gasteiger partial charge in [-0.2, -0.15) is 0 Å². The van der Waals surface area contributed by atoms with E-state index in [9.17, 15) is 4.79 Å². The van der Waals surface area contributed by atoms with Gasteiger partial charge in [0.1, 0.15) is 16.5 Å². The molecule has 0 radical (unpaired) electrons. The maximum Gasteiger partial charge on any atom is 0.221 e. The monoisotopic (exact) mass is 428 g/mol. The van der Waals surface area contributed by atoms with Crippen molar-refractivity contribution in [3.8, 4) is 0 Å². The fourth-order valence-corrected chi connectivity index (χ4v) is 5.41. The molecule has 4 aromatic rings. The molecule has 2 aromatic carbocycles. The molecule has 2 N–H and O–H groups in total. The predicted molar refractivity (Wildman–Crippen MR) is 127 cm³/mol. The Labute approximate surface area is 185 Å². The molecule has 0 saturated heterocycles. The number of aromatic nitrogens is 2. The minimum absolute atomic E-state index is 0.0753. The lowest BCUT2D eigenvalue weighted by molar-refractivity contribution is -0.114. The first-order chi connectivity index (χ1) is 15.2. The van der Waals surface area contributed by atoms with Crippen LogP contribution < -0.4 is 10.6 Å². The van der Waals surface area contributed by atoms with E-state index < -0.39 is 0 Å². The van der Waals surface area contributed by atoms with Crippen LogP contribution in [0.15, 0.2) is 54.6 Å². The molecule has 31 heavy (non-hydrogen) atoms. The number of anilines is 3. The van der Waals surface area contributed by atoms with Gasteiger partial charge in [-0.05, 0) is 61.1 Å². The first-order valence-corrected chi connectivity index (χ1v) is 11.5. The first kappa shape index (κ1) is 19.7. The molecule has 6 heteroatoms. The Morgan fingerprint density at radius 2 is 1.71 bits per heavy atom. The molecular formula is C25H24N4OS. The summed E-state index contributed by atoms with van der Waals surface area (Å²) in [6.07, 6.45) is 5.39. The largest absolute Gasteiger partial charge is 0.340 e. The average molecular weight is 429 g/mol. The summed E-state index contributed by atoms with van der Waals surface area (Å²) in [6.45, 7) is 1.51. The van der Waals surface area contributed by atoms with E-state index in [4.69, 9.17) is 9.97 Å². The molecule has 1 aliphatic carbocycles. The van der Waals surface area contributed by atoms with E-state index in [0.717, 1.165) is 40.7 Å². The van der Waals surface area contributed by atoms with E-state index in [0.29, 0.717) is 6.42 Å². The van der Waals surface area contributed by atoms with Crippen LogP contribution in [0.1, 0.15) is 41.6 Å². The molecule has 0 spiro atoms. The van der Waals surface area contributed by atoms with Gasteiger partial charge >= 0.3 is 0 Å². The summed E-state index contributed by atoms with van der Waals surface area (Å²) in [5.41, 5.74) is 4.34. The van der Waals surface area contributed by atoms with Gasteiger partial charge in [-0.3, -0.25) is 4.79 Å². The van der Waals surface area contributed by atoms with Crippen molar-refractivity contribution in [2.24, 2.45) is 0 Å². The molecule has 2 heterocycles. The number of nitrogens with zero attached hydrogens (tertiary/aromatic N) is 2. The number of carbonyl (C=O) groups excluding carboxylic acids is 1. The summed E-state index contributed by atoms with van der Waals surface area (Å²) < 4.78 is 0. The summed E-state index contributed by atoms with van der Waals surface area (Å²) in [5, 5.41) is 7.51. The van der Waals surface area contributed by atoms with Gasteiger partial charge in [0.05, 0.1) is 5.39 Å². The van der Waals surface area contributed by atoms with Gasteiger partial charge in [0.15, 0.2) is 0 Å². The maximum absolute atomic E-state index is 11.3. The molecule has 0 bridgehead atoms. The topological polar surface area (TPSA) is 66.9 Å². The third-order valence-corrected chi connectivity index (χ3v) is 6.72. The third kappa shape index (κ3) is 4.30. The number of hydrogen-bond donors (Lipinski definition) is 2. The molecule has 0 aliphatic heterocycles. The lowest BCUT2D eigenvalue weighted by Gasteiger charge is -2.14. The van der Waals surface area contributed by atoms with Crippen LogP contribution in [0.2, 0.25) is 0 Å². The van der Waals surface area contributed by atoms with Crippen molar-refractivity contribution in [3.63, 3.8) is 0 Å². The van der Waals surface area contributed by atoms with Crippen molar-refractivity contribution in [1.82, 2.24) is 9.97 Å². The Hall–Kier alpha value is -3.25. The Balaban J connectivity index is 1.54. The predicted octanol–water partition coefficient (Wildman–Crippen LogP) is 5.86. The van der Waals surface area contributed by atoms with Crippen molar-refractivity contribution >= 4 is 44.7 Å². The Bertz CT molecular complexity index is 1230. The van der Waals surface area contributed by atoms with Gasteiger partial charge in [0.2, 0.25) is 5.91 Å². The van der Waals surface area contributed by atoms with Crippen molar-refractivity contribution in [2.75, 3.05) is 10.6 Å². The fourth-order valence-electron chi connectivity index (χ4n) is 4.13. The van der Waals surface area contributed by atoms with E-state index in [1.807, 2.05) is 53.8 Å². The molecule has 1 aliphatic rings. The number of fused-ring (bicyclic) bond motifs is 3. The van der Waals surface area contributed by atoms with Crippen LogP contribution in [-0.2, 0) is 24.1 Å². The minimum atomic E-state index is -0.0753. The third-order valence-electron chi connectivity index (χ3n) is 5.53. The van der Waals surface area contributed by atoms with Crippen LogP contribution in [0, 0.1) is 0 Å². The number of nitrogens with one attached hydrogen (secondary N) is 2. The highest BCUT2D eigenvalue weighted by atomic mass is 32.1. The molecule has 5 nitrogen and oxygen atoms in total. The summed E-state index contributed by atoms with van der Waals surface area (Å²) >= 11 is 1.82. The summed E-state index contributed by atoms with van der Waals surface area (Å²) in [7, 11) is 0. The van der Waals surface area contributed by atoms with Gasteiger partial charge in [0.25, 0.3) is 0 Å². The quantitative estimate of drug-likeness (QED) is 0.418. The molecule has 0 fully saturated rings. The standard InChI is InChI=1S/C25H24N4OS/c1-16(30)26-18-11-13-19(14-12-18)27-24-23-20-9-5-6-10-21(20)31-25(23)29-22(28-24)15-17-7-3-2-4-8-17/h2-4,7-8,11-14H,5-6,9-10,15H2,1H3,(H,26,30)(H,27,28,29). The van der Waals surface area contributed by atoms with Crippen LogP contribution in [0.5, 0.6) is 0 Å². The summed E-state index contributed by atoms with van der Waals surface area (Å²) in [5.74, 6) is 1.63. The molecule has 5 rings (SSSR count). The molecule has 0 unspecified atom stereocenters. The van der Waals surface area contributed by atoms with Gasteiger partial charge in [-0.25, -0.2) is 9.97 Å². The molecule has 156 valence electrons.